The molecule has 108 valence electrons. The highest BCUT2D eigenvalue weighted by atomic mass is 35.5. The van der Waals surface area contributed by atoms with E-state index in [0.717, 1.165) is 12.1 Å². The number of benzene rings is 1. The van der Waals surface area contributed by atoms with E-state index < -0.39 is 43.6 Å². The van der Waals surface area contributed by atoms with Crippen molar-refractivity contribution in [2.24, 2.45) is 0 Å². The molecule has 1 rings (SSSR count). The third kappa shape index (κ3) is 4.46. The molecule has 0 saturated heterocycles. The zero-order valence-corrected chi connectivity index (χ0v) is 11.1. The minimum absolute atomic E-state index is 0.430. The Hall–Kier alpha value is -0.610. The molecule has 0 spiro atoms. The van der Waals surface area contributed by atoms with Gasteiger partial charge < -0.3 is 0 Å². The van der Waals surface area contributed by atoms with Gasteiger partial charge in [0.25, 0.3) is 10.0 Å². The van der Waals surface area contributed by atoms with E-state index in [1.807, 2.05) is 0 Å². The Kier molecular flexibility index (Phi) is 5.02. The topological polar surface area (TPSA) is 55.4 Å². The predicted octanol–water partition coefficient (Wildman–Crippen LogP) is 2.90. The van der Waals surface area contributed by atoms with Crippen molar-refractivity contribution >= 4 is 33.2 Å². The van der Waals surface area contributed by atoms with Crippen LogP contribution in [0, 0.1) is 5.82 Å². The van der Waals surface area contributed by atoms with Crippen LogP contribution in [0.4, 0.5) is 17.6 Å². The number of sulfonamides is 1. The van der Waals surface area contributed by atoms with Gasteiger partial charge in [-0.25, -0.2) is 12.8 Å². The highest BCUT2D eigenvalue weighted by Gasteiger charge is 2.30. The van der Waals surface area contributed by atoms with Crippen LogP contribution in [0.3, 0.4) is 0 Å². The Morgan fingerprint density at radius 2 is 1.84 bits per heavy atom. The molecule has 0 aliphatic carbocycles. The number of rotatable bonds is 4. The van der Waals surface area contributed by atoms with Crippen LogP contribution in [-0.2, 0) is 14.9 Å². The van der Waals surface area contributed by atoms with Crippen molar-refractivity contribution in [1.82, 2.24) is 4.89 Å². The second-order valence-electron chi connectivity index (χ2n) is 3.16. The van der Waals surface area contributed by atoms with Crippen LogP contribution in [-0.4, -0.2) is 21.2 Å². The molecule has 0 bridgehead atoms. The highest BCUT2D eigenvalue weighted by molar-refractivity contribution is 7.89. The lowest BCUT2D eigenvalue weighted by Gasteiger charge is -2.10. The molecule has 0 heterocycles. The Labute approximate surface area is 115 Å². The summed E-state index contributed by atoms with van der Waals surface area (Å²) in [5.41, 5.74) is 0. The summed E-state index contributed by atoms with van der Waals surface area (Å²) >= 11 is 10.7. The average Bonchev–Trinajstić information content (AvgIpc) is 2.23. The van der Waals surface area contributed by atoms with Crippen molar-refractivity contribution in [1.29, 1.82) is 0 Å². The second-order valence-corrected chi connectivity index (χ2v) is 5.56. The number of hydrogen-bond donors (Lipinski definition) is 1. The maximum Gasteiger partial charge on any atom is 0.413 e. The molecule has 0 atom stereocenters. The summed E-state index contributed by atoms with van der Waals surface area (Å²) in [7, 11) is -4.56. The molecule has 0 amide bonds. The summed E-state index contributed by atoms with van der Waals surface area (Å²) in [4.78, 5) is 4.15. The van der Waals surface area contributed by atoms with Crippen LogP contribution in [0.25, 0.3) is 0 Å². The van der Waals surface area contributed by atoms with Gasteiger partial charge in [0.05, 0.1) is 10.0 Å². The second kappa shape index (κ2) is 5.80. The lowest BCUT2D eigenvalue weighted by Crippen LogP contribution is -2.29. The number of hydrogen-bond acceptors (Lipinski definition) is 3. The van der Waals surface area contributed by atoms with Gasteiger partial charge in [0.1, 0.15) is 4.90 Å². The minimum atomic E-state index is -4.72. The van der Waals surface area contributed by atoms with Gasteiger partial charge in [0.2, 0.25) is 0 Å². The van der Waals surface area contributed by atoms with E-state index in [2.05, 4.69) is 4.84 Å². The molecule has 0 unspecified atom stereocenters. The lowest BCUT2D eigenvalue weighted by molar-refractivity contribution is -0.181. The summed E-state index contributed by atoms with van der Waals surface area (Å²) in [6.45, 7) is -1.85. The van der Waals surface area contributed by atoms with Gasteiger partial charge in [-0.05, 0) is 12.1 Å². The third-order valence-corrected chi connectivity index (χ3v) is 3.72. The Morgan fingerprint density at radius 3 is 2.37 bits per heavy atom. The van der Waals surface area contributed by atoms with E-state index in [1.165, 1.54) is 4.89 Å². The quantitative estimate of drug-likeness (QED) is 0.520. The van der Waals surface area contributed by atoms with Gasteiger partial charge in [-0.2, -0.15) is 13.2 Å². The molecule has 0 radical (unpaired) electrons. The van der Waals surface area contributed by atoms with Crippen LogP contribution in [0.2, 0.25) is 10.0 Å². The largest absolute Gasteiger partial charge is 0.413 e. The van der Waals surface area contributed by atoms with E-state index in [4.69, 9.17) is 23.2 Å². The number of alkyl halides is 3. The van der Waals surface area contributed by atoms with E-state index in [0.29, 0.717) is 0 Å². The summed E-state index contributed by atoms with van der Waals surface area (Å²) < 4.78 is 71.6. The minimum Gasteiger partial charge on any atom is -0.277 e. The Balaban J connectivity index is 2.93. The third-order valence-electron chi connectivity index (χ3n) is 1.69. The van der Waals surface area contributed by atoms with Crippen LogP contribution in [0.1, 0.15) is 0 Å². The van der Waals surface area contributed by atoms with Gasteiger partial charge in [-0.15, -0.1) is 0 Å². The fourth-order valence-corrected chi connectivity index (χ4v) is 2.50. The van der Waals surface area contributed by atoms with Gasteiger partial charge in [-0.3, -0.25) is 4.84 Å². The van der Waals surface area contributed by atoms with Crippen molar-refractivity contribution in [3.8, 4) is 0 Å². The van der Waals surface area contributed by atoms with E-state index in [9.17, 15) is 26.0 Å². The molecule has 1 aromatic rings. The maximum atomic E-state index is 13.3. The smallest absolute Gasteiger partial charge is 0.277 e. The molecule has 0 aliphatic heterocycles. The summed E-state index contributed by atoms with van der Waals surface area (Å²) in [5.74, 6) is -1.21. The van der Waals surface area contributed by atoms with E-state index in [1.54, 1.807) is 0 Å². The molecule has 19 heavy (non-hydrogen) atoms. The molecule has 0 fully saturated rings. The first-order valence-electron chi connectivity index (χ1n) is 4.38. The van der Waals surface area contributed by atoms with Crippen LogP contribution in [0.15, 0.2) is 17.0 Å². The van der Waals surface area contributed by atoms with Crippen LogP contribution in [0.5, 0.6) is 0 Å². The van der Waals surface area contributed by atoms with Crippen LogP contribution >= 0.6 is 23.2 Å². The summed E-state index contributed by atoms with van der Waals surface area (Å²) in [6.07, 6.45) is -4.72. The zero-order chi connectivity index (χ0) is 14.8. The molecule has 1 N–H and O–H groups in total. The fraction of sp³-hybridized carbons (Fsp3) is 0.250. The van der Waals surface area contributed by atoms with E-state index in [-0.39, 0.29) is 0 Å². The molecule has 4 nitrogen and oxygen atoms in total. The lowest BCUT2D eigenvalue weighted by atomic mass is 10.3. The molecule has 0 saturated carbocycles. The number of nitrogens with one attached hydrogen (secondary N) is 1. The molecular formula is C8H5Cl2F4NO3S. The van der Waals surface area contributed by atoms with Gasteiger partial charge in [-0.1, -0.05) is 28.1 Å². The number of halogens is 6. The SMILES string of the molecule is O=S(=O)(NOCC(F)(F)F)c1ccc(Cl)c(F)c1Cl. The Morgan fingerprint density at radius 1 is 1.26 bits per heavy atom. The van der Waals surface area contributed by atoms with Crippen molar-refractivity contribution in [2.75, 3.05) is 6.61 Å². The molecule has 0 aliphatic rings. The first kappa shape index (κ1) is 16.4. The molecule has 1 aromatic carbocycles. The van der Waals surface area contributed by atoms with Gasteiger partial charge >= 0.3 is 6.18 Å². The van der Waals surface area contributed by atoms with E-state index >= 15 is 0 Å². The highest BCUT2D eigenvalue weighted by Crippen LogP contribution is 2.29. The van der Waals surface area contributed by atoms with Gasteiger partial charge in [0.15, 0.2) is 12.4 Å². The van der Waals surface area contributed by atoms with Crippen molar-refractivity contribution in [2.45, 2.75) is 11.1 Å². The normalized spacial score (nSPS) is 12.7. The Bertz CT molecular complexity index is 576. The monoisotopic (exact) mass is 341 g/mol. The molecular weight excluding hydrogens is 337 g/mol. The fourth-order valence-electron chi connectivity index (χ4n) is 0.949. The maximum absolute atomic E-state index is 13.3. The predicted molar refractivity (Wildman–Crippen MR) is 58.7 cm³/mol. The summed E-state index contributed by atoms with van der Waals surface area (Å²) in [6, 6.07) is 1.72. The van der Waals surface area contributed by atoms with Crippen LogP contribution < -0.4 is 4.89 Å². The standard InChI is InChI=1S/C8H5Cl2F4NO3S/c9-4-1-2-5(6(10)7(4)11)19(16,17)15-18-3-8(12,13)14/h1-2,15H,3H2. The van der Waals surface area contributed by atoms with Crippen molar-refractivity contribution < 1.29 is 30.8 Å². The molecule has 11 heteroatoms. The first-order chi connectivity index (χ1) is 8.54. The average molecular weight is 342 g/mol. The molecule has 0 aromatic heterocycles. The van der Waals surface area contributed by atoms with Crippen molar-refractivity contribution in [3.05, 3.63) is 28.0 Å². The summed E-state index contributed by atoms with van der Waals surface area (Å²) in [5, 5.41) is -1.28. The van der Waals surface area contributed by atoms with Gasteiger partial charge in [0, 0.05) is 0 Å². The first-order valence-corrected chi connectivity index (χ1v) is 6.62. The van der Waals surface area contributed by atoms with Crippen molar-refractivity contribution in [3.63, 3.8) is 0 Å². The zero-order valence-electron chi connectivity index (χ0n) is 8.76.